The third-order valence-electron chi connectivity index (χ3n) is 5.24. The van der Waals surface area contributed by atoms with Crippen LogP contribution in [0.25, 0.3) is 0 Å². The zero-order valence-corrected chi connectivity index (χ0v) is 17.9. The highest BCUT2D eigenvalue weighted by molar-refractivity contribution is 6.30. The molecule has 1 fully saturated rings. The third-order valence-corrected chi connectivity index (χ3v) is 5.48. The Balaban J connectivity index is 1.81. The summed E-state index contributed by atoms with van der Waals surface area (Å²) >= 11 is 5.91. The van der Waals surface area contributed by atoms with E-state index in [4.69, 9.17) is 16.3 Å². The lowest BCUT2D eigenvalue weighted by atomic mass is 9.89. The minimum atomic E-state index is -0.844. The van der Waals surface area contributed by atoms with Crippen LogP contribution in [0, 0.1) is 11.8 Å². The Morgan fingerprint density at radius 1 is 1.30 bits per heavy atom. The quantitative estimate of drug-likeness (QED) is 0.279. The van der Waals surface area contributed by atoms with Crippen LogP contribution in [0.4, 0.5) is 0 Å². The smallest absolute Gasteiger partial charge is 0.305 e. The van der Waals surface area contributed by atoms with Crippen molar-refractivity contribution >= 4 is 17.6 Å². The highest BCUT2D eigenvalue weighted by Gasteiger charge is 2.39. The largest absolute Gasteiger partial charge is 0.491 e. The number of allylic oxidation sites excluding steroid dienone is 2. The molecule has 1 saturated carbocycles. The molecule has 0 bridgehead atoms. The van der Waals surface area contributed by atoms with Crippen molar-refractivity contribution in [2.24, 2.45) is 11.8 Å². The van der Waals surface area contributed by atoms with Gasteiger partial charge in [-0.2, -0.15) is 0 Å². The molecule has 1 aromatic rings. The van der Waals surface area contributed by atoms with Gasteiger partial charge in [-0.25, -0.2) is 0 Å². The summed E-state index contributed by atoms with van der Waals surface area (Å²) in [4.78, 5) is 11.1. The molecule has 166 valence electrons. The average molecular weight is 439 g/mol. The molecule has 0 radical (unpaired) electrons. The second-order valence-electron chi connectivity index (χ2n) is 7.51. The van der Waals surface area contributed by atoms with Gasteiger partial charge >= 0.3 is 5.97 Å². The molecule has 0 spiro atoms. The molecule has 30 heavy (non-hydrogen) atoms. The molecular formula is C23H31ClO6. The summed E-state index contributed by atoms with van der Waals surface area (Å²) in [7, 11) is 1.37. The number of aliphatic hydroxyl groups excluding tert-OH is 3. The maximum absolute atomic E-state index is 11.1. The van der Waals surface area contributed by atoms with E-state index in [1.165, 1.54) is 7.11 Å². The van der Waals surface area contributed by atoms with Gasteiger partial charge in [-0.3, -0.25) is 4.79 Å². The summed E-state index contributed by atoms with van der Waals surface area (Å²) in [5.41, 5.74) is 0. The number of carbonyl (C=O) groups is 1. The minimum absolute atomic E-state index is 0.0625. The fourth-order valence-corrected chi connectivity index (χ4v) is 3.77. The number of carbonyl (C=O) groups excluding carboxylic acids is 1. The lowest BCUT2D eigenvalue weighted by molar-refractivity contribution is -0.140. The monoisotopic (exact) mass is 438 g/mol. The predicted octanol–water partition coefficient (Wildman–Crippen LogP) is 3.28. The number of unbranched alkanes of at least 4 members (excludes halogenated alkanes) is 1. The van der Waals surface area contributed by atoms with Gasteiger partial charge in [0.1, 0.15) is 18.5 Å². The summed E-state index contributed by atoms with van der Waals surface area (Å²) in [6.45, 7) is 0.0625. The molecule has 0 heterocycles. The Hall–Kier alpha value is -1.86. The number of hydrogen-bond acceptors (Lipinski definition) is 6. The molecule has 0 aliphatic heterocycles. The first-order chi connectivity index (χ1) is 14.4. The molecule has 7 heteroatoms. The number of rotatable bonds is 11. The molecule has 0 saturated heterocycles. The molecule has 6 nitrogen and oxygen atoms in total. The standard InChI is InChI=1S/C23H31ClO6/c1-29-23(28)10-5-3-2-4-9-19-20(22(27)14-21(19)26)12-11-17(25)15-30-18-8-6-7-16(24)13-18/h2,4,6-8,11-13,17,19-22,25-27H,3,5,9-10,14-15H2,1H3/b4-2+,12-11+/t17-,19-,20-,21+,22-/m1/s1. The molecule has 5 atom stereocenters. The lowest BCUT2D eigenvalue weighted by Crippen LogP contribution is -2.21. The minimum Gasteiger partial charge on any atom is -0.491 e. The van der Waals surface area contributed by atoms with Crippen molar-refractivity contribution < 1.29 is 29.6 Å². The molecule has 0 aromatic heterocycles. The van der Waals surface area contributed by atoms with E-state index in [1.807, 2.05) is 12.2 Å². The zero-order valence-electron chi connectivity index (χ0n) is 17.2. The molecule has 0 unspecified atom stereocenters. The first-order valence-corrected chi connectivity index (χ1v) is 10.6. The van der Waals surface area contributed by atoms with Gasteiger partial charge in [0.25, 0.3) is 0 Å². The Kier molecular flexibility index (Phi) is 10.4. The van der Waals surface area contributed by atoms with E-state index in [0.717, 1.165) is 6.42 Å². The van der Waals surface area contributed by atoms with Gasteiger partial charge in [0.15, 0.2) is 0 Å². The fraction of sp³-hybridized carbons (Fsp3) is 0.522. The van der Waals surface area contributed by atoms with E-state index < -0.39 is 18.3 Å². The van der Waals surface area contributed by atoms with Gasteiger partial charge in [-0.1, -0.05) is 42.0 Å². The Labute approximate surface area is 182 Å². The van der Waals surface area contributed by atoms with Crippen LogP contribution in [0.15, 0.2) is 48.6 Å². The van der Waals surface area contributed by atoms with Crippen LogP contribution >= 0.6 is 11.6 Å². The van der Waals surface area contributed by atoms with Crippen molar-refractivity contribution in [1.29, 1.82) is 0 Å². The Bertz CT molecular complexity index is 719. The third kappa shape index (κ3) is 8.11. The van der Waals surface area contributed by atoms with Crippen molar-refractivity contribution in [1.82, 2.24) is 0 Å². The lowest BCUT2D eigenvalue weighted by Gasteiger charge is -2.19. The summed E-state index contributed by atoms with van der Waals surface area (Å²) in [6.07, 6.45) is 7.98. The summed E-state index contributed by atoms with van der Waals surface area (Å²) < 4.78 is 10.1. The highest BCUT2D eigenvalue weighted by atomic mass is 35.5. The second kappa shape index (κ2) is 12.7. The Morgan fingerprint density at radius 2 is 2.10 bits per heavy atom. The molecule has 1 aliphatic carbocycles. The van der Waals surface area contributed by atoms with Gasteiger partial charge in [0.05, 0.1) is 19.3 Å². The van der Waals surface area contributed by atoms with Crippen molar-refractivity contribution in [2.45, 2.75) is 50.4 Å². The maximum Gasteiger partial charge on any atom is 0.305 e. The van der Waals surface area contributed by atoms with E-state index in [2.05, 4.69) is 4.74 Å². The number of benzene rings is 1. The molecule has 2 rings (SSSR count). The van der Waals surface area contributed by atoms with E-state index in [9.17, 15) is 20.1 Å². The van der Waals surface area contributed by atoms with E-state index in [0.29, 0.717) is 36.5 Å². The molecule has 0 amide bonds. The molecule has 3 N–H and O–H groups in total. The van der Waals surface area contributed by atoms with Gasteiger partial charge < -0.3 is 24.8 Å². The van der Waals surface area contributed by atoms with Crippen molar-refractivity contribution in [3.63, 3.8) is 0 Å². The zero-order chi connectivity index (χ0) is 21.9. The predicted molar refractivity (Wildman–Crippen MR) is 115 cm³/mol. The number of hydrogen-bond donors (Lipinski definition) is 3. The van der Waals surface area contributed by atoms with E-state index >= 15 is 0 Å². The fourth-order valence-electron chi connectivity index (χ4n) is 3.59. The summed E-state index contributed by atoms with van der Waals surface area (Å²) in [6, 6.07) is 6.94. The first kappa shape index (κ1) is 24.4. The summed E-state index contributed by atoms with van der Waals surface area (Å²) in [5.74, 6) is -0.0305. The summed E-state index contributed by atoms with van der Waals surface area (Å²) in [5, 5.41) is 31.3. The van der Waals surface area contributed by atoms with Crippen LogP contribution < -0.4 is 4.74 Å². The SMILES string of the molecule is COC(=O)CCC/C=C/C[C@@H]1[C@@H](/C=C/[C@@H](O)COc2cccc(Cl)c2)[C@H](O)C[C@@H]1O. The van der Waals surface area contributed by atoms with Crippen molar-refractivity contribution in [2.75, 3.05) is 13.7 Å². The topological polar surface area (TPSA) is 96.2 Å². The number of esters is 1. The number of halogens is 1. The van der Waals surface area contributed by atoms with Crippen LogP contribution in [0.5, 0.6) is 5.75 Å². The first-order valence-electron chi connectivity index (χ1n) is 10.2. The van der Waals surface area contributed by atoms with Crippen molar-refractivity contribution in [3.05, 3.63) is 53.6 Å². The van der Waals surface area contributed by atoms with Gasteiger partial charge in [-0.05, 0) is 43.4 Å². The molecular weight excluding hydrogens is 408 g/mol. The van der Waals surface area contributed by atoms with Crippen LogP contribution in [-0.2, 0) is 9.53 Å². The van der Waals surface area contributed by atoms with Crippen LogP contribution in [0.2, 0.25) is 5.02 Å². The molecule has 1 aliphatic rings. The van der Waals surface area contributed by atoms with E-state index in [-0.39, 0.29) is 24.4 Å². The van der Waals surface area contributed by atoms with Gasteiger partial charge in [0.2, 0.25) is 0 Å². The number of methoxy groups -OCH3 is 1. The van der Waals surface area contributed by atoms with Crippen LogP contribution in [0.1, 0.15) is 32.1 Å². The Morgan fingerprint density at radius 3 is 2.83 bits per heavy atom. The average Bonchev–Trinajstić information content (AvgIpc) is 2.99. The molecule has 1 aromatic carbocycles. The maximum atomic E-state index is 11.1. The van der Waals surface area contributed by atoms with Crippen LogP contribution in [-0.4, -0.2) is 53.3 Å². The van der Waals surface area contributed by atoms with Gasteiger partial charge in [0, 0.05) is 23.8 Å². The second-order valence-corrected chi connectivity index (χ2v) is 7.94. The van der Waals surface area contributed by atoms with E-state index in [1.54, 1.807) is 36.4 Å². The van der Waals surface area contributed by atoms with Crippen LogP contribution in [0.3, 0.4) is 0 Å². The highest BCUT2D eigenvalue weighted by Crippen LogP contribution is 2.36. The number of aliphatic hydroxyl groups is 3. The number of ether oxygens (including phenoxy) is 2. The van der Waals surface area contributed by atoms with Crippen molar-refractivity contribution in [3.8, 4) is 5.75 Å². The normalized spacial score (nSPS) is 25.1. The van der Waals surface area contributed by atoms with Gasteiger partial charge in [-0.15, -0.1) is 0 Å².